The second kappa shape index (κ2) is 8.88. The summed E-state index contributed by atoms with van der Waals surface area (Å²) in [7, 11) is 0. The first-order valence-electron chi connectivity index (χ1n) is 8.84. The molecule has 3 N–H and O–H groups in total. The molecule has 3 rings (SSSR count). The third kappa shape index (κ3) is 5.29. The van der Waals surface area contributed by atoms with Crippen molar-refractivity contribution >= 4 is 28.9 Å². The van der Waals surface area contributed by atoms with Crippen molar-refractivity contribution in [1.29, 1.82) is 0 Å². The molecule has 0 saturated carbocycles. The molecule has 1 fully saturated rings. The molecule has 1 heterocycles. The van der Waals surface area contributed by atoms with E-state index in [1.54, 1.807) is 0 Å². The Morgan fingerprint density at radius 1 is 1.13 bits per heavy atom. The zero-order valence-corrected chi connectivity index (χ0v) is 16.5. The van der Waals surface area contributed by atoms with Crippen LogP contribution in [0.2, 0.25) is 0 Å². The fraction of sp³-hybridized carbons (Fsp3) is 0.200. The molecule has 0 bridgehead atoms. The average molecular weight is 457 g/mol. The van der Waals surface area contributed by atoms with Crippen LogP contribution in [0.3, 0.4) is 0 Å². The second-order valence-electron chi connectivity index (χ2n) is 6.56. The molecule has 5 nitrogen and oxygen atoms in total. The number of thiocarbonyl (C=S) groups is 1. The number of alkyl halides is 5. The maximum Gasteiger partial charge on any atom is 0.418 e. The predicted octanol–water partition coefficient (Wildman–Crippen LogP) is 4.59. The van der Waals surface area contributed by atoms with E-state index in [2.05, 4.69) is 27.3 Å². The number of anilines is 1. The van der Waals surface area contributed by atoms with E-state index in [1.807, 2.05) is 0 Å². The molecule has 11 heteroatoms. The molecule has 2 aromatic carbocycles. The largest absolute Gasteiger partial charge is 0.435 e. The monoisotopic (exact) mass is 457 g/mol. The quantitative estimate of drug-likeness (QED) is 0.453. The molecule has 1 aliphatic heterocycles. The fourth-order valence-corrected chi connectivity index (χ4v) is 3.44. The molecule has 2 atom stereocenters. The predicted molar refractivity (Wildman–Crippen MR) is 107 cm³/mol. The van der Waals surface area contributed by atoms with Crippen LogP contribution in [0.5, 0.6) is 5.75 Å². The topological polar surface area (TPSA) is 62.4 Å². The van der Waals surface area contributed by atoms with Gasteiger partial charge in [-0.15, -0.1) is 0 Å². The minimum atomic E-state index is -4.66. The maximum atomic E-state index is 13.3. The molecule has 31 heavy (non-hydrogen) atoms. The molecule has 0 radical (unpaired) electrons. The molecule has 1 aliphatic rings. The summed E-state index contributed by atoms with van der Waals surface area (Å²) in [5.74, 6) is -1.91. The van der Waals surface area contributed by atoms with Crippen molar-refractivity contribution in [2.45, 2.75) is 18.8 Å². The van der Waals surface area contributed by atoms with Gasteiger partial charge in [0.15, 0.2) is 5.11 Å². The molecular weight excluding hydrogens is 441 g/mol. The Hall–Kier alpha value is -3.21. The van der Waals surface area contributed by atoms with Gasteiger partial charge in [-0.2, -0.15) is 22.0 Å². The third-order valence-corrected chi connectivity index (χ3v) is 4.73. The Bertz CT molecular complexity index is 995. The van der Waals surface area contributed by atoms with E-state index in [0.29, 0.717) is 5.56 Å². The van der Waals surface area contributed by atoms with Crippen LogP contribution in [-0.4, -0.2) is 17.6 Å². The van der Waals surface area contributed by atoms with Crippen LogP contribution in [0.1, 0.15) is 17.2 Å². The maximum absolute atomic E-state index is 13.3. The summed E-state index contributed by atoms with van der Waals surface area (Å²) in [5, 5.41) is 8.03. The lowest BCUT2D eigenvalue weighted by Crippen LogP contribution is -2.51. The van der Waals surface area contributed by atoms with E-state index in [4.69, 9.17) is 12.2 Å². The van der Waals surface area contributed by atoms with Crippen LogP contribution in [-0.2, 0) is 11.0 Å². The van der Waals surface area contributed by atoms with Crippen LogP contribution in [0.25, 0.3) is 0 Å². The van der Waals surface area contributed by atoms with E-state index in [1.165, 1.54) is 36.4 Å². The van der Waals surface area contributed by atoms with Crippen LogP contribution >= 0.6 is 12.2 Å². The first kappa shape index (κ1) is 22.5. The fourth-order valence-electron chi connectivity index (χ4n) is 3.18. The molecule has 164 valence electrons. The smallest absolute Gasteiger partial charge is 0.418 e. The second-order valence-corrected chi connectivity index (χ2v) is 6.97. The Balaban J connectivity index is 1.89. The van der Waals surface area contributed by atoms with Crippen molar-refractivity contribution in [3.8, 4) is 5.75 Å². The molecule has 0 unspecified atom stereocenters. The van der Waals surface area contributed by atoms with Gasteiger partial charge < -0.3 is 20.7 Å². The van der Waals surface area contributed by atoms with Gasteiger partial charge in [-0.3, -0.25) is 4.79 Å². The molecule has 0 spiro atoms. The highest BCUT2D eigenvalue weighted by Gasteiger charge is 2.38. The van der Waals surface area contributed by atoms with Gasteiger partial charge >= 0.3 is 12.8 Å². The zero-order valence-electron chi connectivity index (χ0n) is 15.7. The van der Waals surface area contributed by atoms with Gasteiger partial charge in [0.05, 0.1) is 17.3 Å². The SMILES string of the molecule is C=C1NC(=S)N[C@@H](c2ccc(OC(F)F)cc2)[C@@H]1C(=O)Nc1ccccc1C(F)(F)F. The number of carbonyl (C=O) groups is 1. The minimum Gasteiger partial charge on any atom is -0.435 e. The number of rotatable bonds is 5. The van der Waals surface area contributed by atoms with Crippen molar-refractivity contribution < 1.29 is 31.5 Å². The number of amides is 1. The van der Waals surface area contributed by atoms with Crippen LogP contribution in [0.4, 0.5) is 27.6 Å². The van der Waals surface area contributed by atoms with Gasteiger partial charge in [0.25, 0.3) is 0 Å². The first-order chi connectivity index (χ1) is 14.6. The number of ether oxygens (including phenoxy) is 1. The van der Waals surface area contributed by atoms with E-state index < -0.39 is 41.9 Å². The number of benzene rings is 2. The summed E-state index contributed by atoms with van der Waals surface area (Å²) in [4.78, 5) is 13.0. The van der Waals surface area contributed by atoms with Gasteiger partial charge in [-0.05, 0) is 42.0 Å². The van der Waals surface area contributed by atoms with Crippen molar-refractivity contribution in [2.24, 2.45) is 5.92 Å². The molecular formula is C20H16F5N3O2S. The highest BCUT2D eigenvalue weighted by Crippen LogP contribution is 2.36. The minimum absolute atomic E-state index is 0.0887. The summed E-state index contributed by atoms with van der Waals surface area (Å²) < 4.78 is 68.8. The van der Waals surface area contributed by atoms with E-state index in [0.717, 1.165) is 12.1 Å². The number of hydrogen-bond acceptors (Lipinski definition) is 3. The lowest BCUT2D eigenvalue weighted by atomic mass is 9.88. The Morgan fingerprint density at radius 3 is 2.39 bits per heavy atom. The van der Waals surface area contributed by atoms with Crippen molar-refractivity contribution in [2.75, 3.05) is 5.32 Å². The number of hydrogen-bond donors (Lipinski definition) is 3. The molecule has 0 aliphatic carbocycles. The van der Waals surface area contributed by atoms with Gasteiger partial charge in [0.1, 0.15) is 11.7 Å². The average Bonchev–Trinajstić information content (AvgIpc) is 2.67. The Labute approximate surface area is 179 Å². The summed E-state index contributed by atoms with van der Waals surface area (Å²) in [5.41, 5.74) is -0.758. The lowest BCUT2D eigenvalue weighted by molar-refractivity contribution is -0.137. The highest BCUT2D eigenvalue weighted by molar-refractivity contribution is 7.80. The zero-order chi connectivity index (χ0) is 22.8. The van der Waals surface area contributed by atoms with Crippen molar-refractivity contribution in [3.63, 3.8) is 0 Å². The van der Waals surface area contributed by atoms with Crippen LogP contribution < -0.4 is 20.7 Å². The van der Waals surface area contributed by atoms with Gasteiger partial charge in [-0.1, -0.05) is 30.8 Å². The van der Waals surface area contributed by atoms with Crippen LogP contribution in [0, 0.1) is 5.92 Å². The van der Waals surface area contributed by atoms with Crippen LogP contribution in [0.15, 0.2) is 60.8 Å². The normalized spacial score (nSPS) is 18.9. The van der Waals surface area contributed by atoms with Crippen molar-refractivity contribution in [1.82, 2.24) is 10.6 Å². The highest BCUT2D eigenvalue weighted by atomic mass is 32.1. The van der Waals surface area contributed by atoms with Gasteiger partial charge in [0, 0.05) is 5.70 Å². The number of nitrogens with one attached hydrogen (secondary N) is 3. The number of halogens is 5. The Morgan fingerprint density at radius 2 is 1.77 bits per heavy atom. The summed E-state index contributed by atoms with van der Waals surface area (Å²) in [6.07, 6.45) is -4.66. The summed E-state index contributed by atoms with van der Waals surface area (Å²) in [6.45, 7) is 0.769. The Kier molecular flexibility index (Phi) is 6.44. The molecule has 0 aromatic heterocycles. The van der Waals surface area contributed by atoms with Gasteiger partial charge in [0.2, 0.25) is 5.91 Å². The van der Waals surface area contributed by atoms with Gasteiger partial charge in [-0.25, -0.2) is 0 Å². The lowest BCUT2D eigenvalue weighted by Gasteiger charge is -2.35. The van der Waals surface area contributed by atoms with E-state index in [-0.39, 0.29) is 16.6 Å². The third-order valence-electron chi connectivity index (χ3n) is 4.51. The number of carbonyl (C=O) groups excluding carboxylic acids is 1. The summed E-state index contributed by atoms with van der Waals surface area (Å²) >= 11 is 5.09. The molecule has 1 saturated heterocycles. The standard InChI is InChI=1S/C20H16F5N3O2S/c1-10-15(17(29)27-14-5-3-2-4-13(14)20(23,24)25)16(28-19(31)26-10)11-6-8-12(9-7-11)30-18(21)22/h2-9,15-16,18H,1H2,(H,27,29)(H2,26,28,31)/t15-,16+/m1/s1. The number of para-hydroxylation sites is 1. The molecule has 1 amide bonds. The van der Waals surface area contributed by atoms with E-state index in [9.17, 15) is 26.7 Å². The summed E-state index contributed by atoms with van der Waals surface area (Å²) in [6, 6.07) is 9.23. The first-order valence-corrected chi connectivity index (χ1v) is 9.25. The van der Waals surface area contributed by atoms with E-state index >= 15 is 0 Å². The van der Waals surface area contributed by atoms with Crippen molar-refractivity contribution in [3.05, 3.63) is 71.9 Å². The molecule has 2 aromatic rings.